The third-order valence-corrected chi connectivity index (χ3v) is 3.80. The van der Waals surface area contributed by atoms with Crippen LogP contribution in [0.2, 0.25) is 0 Å². The molecule has 136 valence electrons. The normalized spacial score (nSPS) is 13.0. The molecule has 1 aromatic carbocycles. The molecular formula is C18H20F3NO3. The smallest absolute Gasteiger partial charge is 0.416 e. The van der Waals surface area contributed by atoms with Crippen LogP contribution in [0.1, 0.15) is 37.5 Å². The molecule has 7 heteroatoms. The summed E-state index contributed by atoms with van der Waals surface area (Å²) in [7, 11) is 0. The minimum Gasteiger partial charge on any atom is -0.480 e. The number of carboxylic acids is 1. The number of aliphatic carboxylic acids is 1. The molecular weight excluding hydrogens is 335 g/mol. The molecule has 1 atom stereocenters. The van der Waals surface area contributed by atoms with Crippen molar-refractivity contribution >= 4 is 5.97 Å². The van der Waals surface area contributed by atoms with Gasteiger partial charge in [-0.2, -0.15) is 13.2 Å². The van der Waals surface area contributed by atoms with E-state index < -0.39 is 23.8 Å². The Kier molecular flexibility index (Phi) is 6.25. The fourth-order valence-electron chi connectivity index (χ4n) is 2.42. The first-order chi connectivity index (χ1) is 11.8. The van der Waals surface area contributed by atoms with Crippen LogP contribution in [-0.2, 0) is 17.5 Å². The number of alkyl halides is 3. The maximum Gasteiger partial charge on any atom is 0.416 e. The van der Waals surface area contributed by atoms with Gasteiger partial charge in [-0.15, -0.1) is 0 Å². The number of hydrogen-bond donors (Lipinski definition) is 2. The van der Waals surface area contributed by atoms with Gasteiger partial charge in [0.25, 0.3) is 0 Å². The first-order valence-electron chi connectivity index (χ1n) is 8.03. The summed E-state index contributed by atoms with van der Waals surface area (Å²) >= 11 is 0. The van der Waals surface area contributed by atoms with Crippen LogP contribution in [0, 0.1) is 0 Å². The van der Waals surface area contributed by atoms with Gasteiger partial charge in [0.2, 0.25) is 0 Å². The Morgan fingerprint density at radius 1 is 1.28 bits per heavy atom. The number of rotatable bonds is 8. The second-order valence-electron chi connectivity index (χ2n) is 5.76. The highest BCUT2D eigenvalue weighted by molar-refractivity contribution is 5.73. The summed E-state index contributed by atoms with van der Waals surface area (Å²) in [6, 6.07) is 7.41. The summed E-state index contributed by atoms with van der Waals surface area (Å²) in [6.07, 6.45) is -2.22. The quantitative estimate of drug-likeness (QED) is 0.721. The lowest BCUT2D eigenvalue weighted by molar-refractivity contribution is -0.140. The third kappa shape index (κ3) is 5.35. The number of carboxylic acid groups (broad SMARTS) is 1. The number of benzene rings is 1. The number of hydrogen-bond acceptors (Lipinski definition) is 3. The maximum atomic E-state index is 12.8. The summed E-state index contributed by atoms with van der Waals surface area (Å²) in [5.41, 5.74) is -0.423. The average molecular weight is 355 g/mol. The number of carbonyl (C=O) groups is 1. The van der Waals surface area contributed by atoms with Crippen molar-refractivity contribution in [1.82, 2.24) is 5.32 Å². The molecule has 2 N–H and O–H groups in total. The van der Waals surface area contributed by atoms with E-state index in [1.54, 1.807) is 12.1 Å². The van der Waals surface area contributed by atoms with Gasteiger partial charge in [0.15, 0.2) is 0 Å². The standard InChI is InChI=1S/C18H20F3NO3/c1-2-3-7-15(17(23)24)22-11-14-8-9-16(25-14)12-5-4-6-13(10-12)18(19,20)21/h4-6,8-10,15,22H,2-3,7,11H2,1H3,(H,23,24). The SMILES string of the molecule is CCCCC(NCc1ccc(-c2cccc(C(F)(F)F)c2)o1)C(=O)O. The zero-order valence-corrected chi connectivity index (χ0v) is 13.8. The largest absolute Gasteiger partial charge is 0.480 e. The monoisotopic (exact) mass is 355 g/mol. The van der Waals surface area contributed by atoms with Crippen LogP contribution in [0.25, 0.3) is 11.3 Å². The van der Waals surface area contributed by atoms with E-state index in [2.05, 4.69) is 5.32 Å². The Balaban J connectivity index is 2.06. The molecule has 0 saturated carbocycles. The molecule has 2 aromatic rings. The van der Waals surface area contributed by atoms with Gasteiger partial charge < -0.3 is 9.52 Å². The number of nitrogens with one attached hydrogen (secondary N) is 1. The van der Waals surface area contributed by atoms with Crippen molar-refractivity contribution in [1.29, 1.82) is 0 Å². The molecule has 0 saturated heterocycles. The minimum atomic E-state index is -4.42. The topological polar surface area (TPSA) is 62.5 Å². The molecule has 25 heavy (non-hydrogen) atoms. The van der Waals surface area contributed by atoms with E-state index in [1.165, 1.54) is 12.1 Å². The second kappa shape index (κ2) is 8.20. The van der Waals surface area contributed by atoms with Crippen molar-refractivity contribution in [2.45, 2.75) is 44.9 Å². The van der Waals surface area contributed by atoms with E-state index in [4.69, 9.17) is 9.52 Å². The molecule has 0 aliphatic rings. The Hall–Kier alpha value is -2.28. The lowest BCUT2D eigenvalue weighted by atomic mass is 10.1. The summed E-state index contributed by atoms with van der Waals surface area (Å²) in [5.74, 6) is -0.156. The van der Waals surface area contributed by atoms with E-state index in [1.807, 2.05) is 6.92 Å². The van der Waals surface area contributed by atoms with E-state index >= 15 is 0 Å². The Labute approximate surface area is 143 Å². The molecule has 0 spiro atoms. The fraction of sp³-hybridized carbons (Fsp3) is 0.389. The molecule has 0 aliphatic heterocycles. The lowest BCUT2D eigenvalue weighted by Crippen LogP contribution is -2.36. The Morgan fingerprint density at radius 3 is 2.68 bits per heavy atom. The molecule has 1 unspecified atom stereocenters. The highest BCUT2D eigenvalue weighted by Gasteiger charge is 2.30. The van der Waals surface area contributed by atoms with Crippen LogP contribution in [0.4, 0.5) is 13.2 Å². The predicted molar refractivity (Wildman–Crippen MR) is 86.9 cm³/mol. The maximum absolute atomic E-state index is 12.8. The molecule has 2 rings (SSSR count). The van der Waals surface area contributed by atoms with Crippen LogP contribution in [0.5, 0.6) is 0 Å². The van der Waals surface area contributed by atoms with E-state index in [0.29, 0.717) is 23.5 Å². The van der Waals surface area contributed by atoms with Crippen molar-refractivity contribution in [2.75, 3.05) is 0 Å². The van der Waals surface area contributed by atoms with Gasteiger partial charge in [-0.05, 0) is 30.7 Å². The molecule has 0 fully saturated rings. The Bertz CT molecular complexity index is 710. The molecule has 0 radical (unpaired) electrons. The summed E-state index contributed by atoms with van der Waals surface area (Å²) in [4.78, 5) is 11.2. The molecule has 0 aliphatic carbocycles. The van der Waals surface area contributed by atoms with Crippen molar-refractivity contribution in [2.24, 2.45) is 0 Å². The zero-order chi connectivity index (χ0) is 18.4. The van der Waals surface area contributed by atoms with Crippen LogP contribution in [0.3, 0.4) is 0 Å². The molecule has 0 bridgehead atoms. The van der Waals surface area contributed by atoms with Gasteiger partial charge in [0.05, 0.1) is 12.1 Å². The van der Waals surface area contributed by atoms with Gasteiger partial charge in [0.1, 0.15) is 17.6 Å². The molecule has 1 heterocycles. The second-order valence-corrected chi connectivity index (χ2v) is 5.76. The molecule has 0 amide bonds. The lowest BCUT2D eigenvalue weighted by Gasteiger charge is -2.12. The van der Waals surface area contributed by atoms with Crippen molar-refractivity contribution in [3.63, 3.8) is 0 Å². The van der Waals surface area contributed by atoms with Crippen molar-refractivity contribution in [3.05, 3.63) is 47.7 Å². The van der Waals surface area contributed by atoms with Crippen molar-refractivity contribution in [3.8, 4) is 11.3 Å². The van der Waals surface area contributed by atoms with Crippen molar-refractivity contribution < 1.29 is 27.5 Å². The highest BCUT2D eigenvalue weighted by Crippen LogP contribution is 2.32. The van der Waals surface area contributed by atoms with Gasteiger partial charge in [0, 0.05) is 5.56 Å². The third-order valence-electron chi connectivity index (χ3n) is 3.80. The van der Waals surface area contributed by atoms with Gasteiger partial charge in [-0.3, -0.25) is 10.1 Å². The summed E-state index contributed by atoms with van der Waals surface area (Å²) in [6.45, 7) is 2.17. The minimum absolute atomic E-state index is 0.194. The predicted octanol–water partition coefficient (Wildman–Crippen LogP) is 4.70. The van der Waals surface area contributed by atoms with Crippen LogP contribution >= 0.6 is 0 Å². The summed E-state index contributed by atoms with van der Waals surface area (Å²) < 4.78 is 43.9. The van der Waals surface area contributed by atoms with E-state index in [-0.39, 0.29) is 6.54 Å². The van der Waals surface area contributed by atoms with Gasteiger partial charge in [-0.25, -0.2) is 0 Å². The summed E-state index contributed by atoms with van der Waals surface area (Å²) in [5, 5.41) is 12.1. The van der Waals surface area contributed by atoms with Crippen LogP contribution in [0.15, 0.2) is 40.8 Å². The van der Waals surface area contributed by atoms with Crippen LogP contribution < -0.4 is 5.32 Å². The number of unbranched alkanes of at least 4 members (excludes halogenated alkanes) is 1. The average Bonchev–Trinajstić information content (AvgIpc) is 3.03. The molecule has 4 nitrogen and oxygen atoms in total. The zero-order valence-electron chi connectivity index (χ0n) is 13.8. The van der Waals surface area contributed by atoms with Crippen LogP contribution in [-0.4, -0.2) is 17.1 Å². The van der Waals surface area contributed by atoms with E-state index in [9.17, 15) is 18.0 Å². The van der Waals surface area contributed by atoms with Gasteiger partial charge in [-0.1, -0.05) is 31.9 Å². The highest BCUT2D eigenvalue weighted by atomic mass is 19.4. The van der Waals surface area contributed by atoms with Gasteiger partial charge >= 0.3 is 12.1 Å². The fourth-order valence-corrected chi connectivity index (χ4v) is 2.42. The van der Waals surface area contributed by atoms with E-state index in [0.717, 1.165) is 25.0 Å². The molecule has 1 aromatic heterocycles. The Morgan fingerprint density at radius 2 is 2.04 bits per heavy atom. The number of halogens is 3. The first kappa shape index (κ1) is 19.1. The number of furan rings is 1. The first-order valence-corrected chi connectivity index (χ1v) is 8.03.